The molecule has 0 aliphatic rings. The van der Waals surface area contributed by atoms with Gasteiger partial charge in [-0.3, -0.25) is 0 Å². The van der Waals surface area contributed by atoms with Crippen LogP contribution < -0.4 is 0 Å². The summed E-state index contributed by atoms with van der Waals surface area (Å²) in [7, 11) is 0. The van der Waals surface area contributed by atoms with Gasteiger partial charge in [0, 0.05) is 11.1 Å². The Hall–Kier alpha value is -3.00. The minimum absolute atomic E-state index is 0.182. The second-order valence-electron chi connectivity index (χ2n) is 6.80. The van der Waals surface area contributed by atoms with E-state index in [9.17, 15) is 10.2 Å². The molecule has 0 spiro atoms. The van der Waals surface area contributed by atoms with Crippen molar-refractivity contribution < 1.29 is 10.2 Å². The Morgan fingerprint density at radius 3 is 2.08 bits per heavy atom. The van der Waals surface area contributed by atoms with Crippen LogP contribution in [0.5, 0.6) is 11.5 Å². The topological polar surface area (TPSA) is 40.5 Å². The summed E-state index contributed by atoms with van der Waals surface area (Å²) in [5.74, 6) is 0.368. The average molecular weight is 342 g/mol. The Bertz CT molecular complexity index is 1100. The predicted octanol–water partition coefficient (Wildman–Crippen LogP) is 6.41. The quantitative estimate of drug-likeness (QED) is 0.449. The summed E-state index contributed by atoms with van der Waals surface area (Å²) in [5.41, 5.74) is 2.68. The lowest BCUT2D eigenvalue weighted by atomic mass is 9.91. The van der Waals surface area contributed by atoms with Gasteiger partial charge in [0.15, 0.2) is 0 Å². The number of phenols is 2. The highest BCUT2D eigenvalue weighted by Crippen LogP contribution is 2.44. The molecule has 26 heavy (non-hydrogen) atoms. The number of unbranched alkanes of at least 4 members (excludes halogenated alkanes) is 1. The molecule has 0 saturated carbocycles. The van der Waals surface area contributed by atoms with Crippen LogP contribution in [0.3, 0.4) is 0 Å². The van der Waals surface area contributed by atoms with Crippen LogP contribution in [0.4, 0.5) is 0 Å². The van der Waals surface area contributed by atoms with Crippen LogP contribution in [-0.4, -0.2) is 10.2 Å². The SMILES string of the molecule is CCCCc1ccc2c(-c3c(O)ccc4ccccc34)c(O)ccc2c1. The molecular weight excluding hydrogens is 320 g/mol. The summed E-state index contributed by atoms with van der Waals surface area (Å²) in [6.45, 7) is 2.19. The van der Waals surface area contributed by atoms with Gasteiger partial charge >= 0.3 is 0 Å². The fourth-order valence-corrected chi connectivity index (χ4v) is 3.69. The first kappa shape index (κ1) is 16.5. The van der Waals surface area contributed by atoms with E-state index >= 15 is 0 Å². The molecule has 0 heterocycles. The molecule has 2 nitrogen and oxygen atoms in total. The largest absolute Gasteiger partial charge is 0.507 e. The number of aromatic hydroxyl groups is 2. The molecule has 0 saturated heterocycles. The Morgan fingerprint density at radius 2 is 1.35 bits per heavy atom. The predicted molar refractivity (Wildman–Crippen MR) is 109 cm³/mol. The third-order valence-electron chi connectivity index (χ3n) is 5.04. The van der Waals surface area contributed by atoms with E-state index < -0.39 is 0 Å². The highest BCUT2D eigenvalue weighted by atomic mass is 16.3. The van der Waals surface area contributed by atoms with Gasteiger partial charge in [-0.05, 0) is 52.1 Å². The maximum Gasteiger partial charge on any atom is 0.124 e. The first-order valence-corrected chi connectivity index (χ1v) is 9.14. The number of aryl methyl sites for hydroxylation is 1. The summed E-state index contributed by atoms with van der Waals surface area (Å²) in [5, 5.41) is 25.3. The van der Waals surface area contributed by atoms with Gasteiger partial charge in [0.1, 0.15) is 11.5 Å². The molecule has 4 aromatic rings. The summed E-state index contributed by atoms with van der Waals surface area (Å²) in [6.07, 6.45) is 3.39. The smallest absolute Gasteiger partial charge is 0.124 e. The molecule has 0 aliphatic carbocycles. The number of hydrogen-bond donors (Lipinski definition) is 2. The zero-order valence-corrected chi connectivity index (χ0v) is 14.9. The van der Waals surface area contributed by atoms with Crippen molar-refractivity contribution >= 4 is 21.5 Å². The van der Waals surface area contributed by atoms with Gasteiger partial charge in [0.2, 0.25) is 0 Å². The van der Waals surface area contributed by atoms with Crippen molar-refractivity contribution in [3.05, 3.63) is 72.3 Å². The van der Waals surface area contributed by atoms with E-state index in [4.69, 9.17) is 0 Å². The first-order chi connectivity index (χ1) is 12.7. The van der Waals surface area contributed by atoms with Crippen LogP contribution in [0.1, 0.15) is 25.3 Å². The van der Waals surface area contributed by atoms with Crippen LogP contribution in [0.2, 0.25) is 0 Å². The molecule has 0 fully saturated rings. The van der Waals surface area contributed by atoms with Crippen LogP contribution in [0, 0.1) is 0 Å². The van der Waals surface area contributed by atoms with Crippen LogP contribution in [-0.2, 0) is 6.42 Å². The third-order valence-corrected chi connectivity index (χ3v) is 5.04. The van der Waals surface area contributed by atoms with E-state index in [0.717, 1.165) is 28.0 Å². The van der Waals surface area contributed by atoms with Gasteiger partial charge < -0.3 is 10.2 Å². The van der Waals surface area contributed by atoms with Gasteiger partial charge in [0.05, 0.1) is 0 Å². The summed E-state index contributed by atoms with van der Waals surface area (Å²) in [6, 6.07) is 21.6. The zero-order valence-electron chi connectivity index (χ0n) is 14.9. The van der Waals surface area contributed by atoms with Crippen molar-refractivity contribution in [1.82, 2.24) is 0 Å². The minimum Gasteiger partial charge on any atom is -0.507 e. The van der Waals surface area contributed by atoms with Gasteiger partial charge in [-0.25, -0.2) is 0 Å². The van der Waals surface area contributed by atoms with E-state index in [0.29, 0.717) is 11.1 Å². The molecule has 0 radical (unpaired) electrons. The number of fused-ring (bicyclic) bond motifs is 2. The molecule has 0 aromatic heterocycles. The second kappa shape index (κ2) is 6.72. The molecule has 0 atom stereocenters. The standard InChI is InChI=1S/C24H22O2/c1-2-3-6-16-9-12-20-18(15-16)11-14-22(26)24(20)23-19-8-5-4-7-17(19)10-13-21(23)25/h4-5,7-15,25-26H,2-3,6H2,1H3. The lowest BCUT2D eigenvalue weighted by molar-refractivity contribution is 0.470. The molecule has 4 aromatic carbocycles. The average Bonchev–Trinajstić information content (AvgIpc) is 2.67. The van der Waals surface area contributed by atoms with E-state index in [1.807, 2.05) is 36.4 Å². The van der Waals surface area contributed by atoms with Gasteiger partial charge in [0.25, 0.3) is 0 Å². The molecule has 0 unspecified atom stereocenters. The highest BCUT2D eigenvalue weighted by molar-refractivity contribution is 6.09. The summed E-state index contributed by atoms with van der Waals surface area (Å²) >= 11 is 0. The Balaban J connectivity index is 2.00. The van der Waals surface area contributed by atoms with E-state index in [1.165, 1.54) is 18.4 Å². The Morgan fingerprint density at radius 1 is 0.692 bits per heavy atom. The Labute approximate surface area is 153 Å². The minimum atomic E-state index is 0.182. The van der Waals surface area contributed by atoms with Crippen LogP contribution in [0.25, 0.3) is 32.7 Å². The fraction of sp³-hybridized carbons (Fsp3) is 0.167. The monoisotopic (exact) mass is 342 g/mol. The highest BCUT2D eigenvalue weighted by Gasteiger charge is 2.16. The first-order valence-electron chi connectivity index (χ1n) is 9.14. The van der Waals surface area contributed by atoms with Crippen molar-refractivity contribution in [2.75, 3.05) is 0 Å². The zero-order chi connectivity index (χ0) is 18.1. The van der Waals surface area contributed by atoms with Crippen molar-refractivity contribution in [3.63, 3.8) is 0 Å². The second-order valence-corrected chi connectivity index (χ2v) is 6.80. The number of hydrogen-bond acceptors (Lipinski definition) is 2. The number of benzene rings is 4. The lowest BCUT2D eigenvalue weighted by Gasteiger charge is -2.14. The Kier molecular flexibility index (Phi) is 4.26. The maximum absolute atomic E-state index is 10.6. The van der Waals surface area contributed by atoms with Crippen LogP contribution in [0.15, 0.2) is 66.7 Å². The number of phenolic OH excluding ortho intramolecular Hbond substituents is 2. The van der Waals surface area contributed by atoms with Gasteiger partial charge in [-0.15, -0.1) is 0 Å². The maximum atomic E-state index is 10.6. The molecule has 130 valence electrons. The van der Waals surface area contributed by atoms with Gasteiger partial charge in [-0.1, -0.05) is 67.9 Å². The van der Waals surface area contributed by atoms with Crippen molar-refractivity contribution in [1.29, 1.82) is 0 Å². The molecule has 2 N–H and O–H groups in total. The molecule has 4 rings (SSSR count). The molecule has 2 heteroatoms. The summed E-state index contributed by atoms with van der Waals surface area (Å²) in [4.78, 5) is 0. The third kappa shape index (κ3) is 2.78. The molecule has 0 amide bonds. The van der Waals surface area contributed by atoms with Crippen molar-refractivity contribution in [2.45, 2.75) is 26.2 Å². The van der Waals surface area contributed by atoms with Crippen LogP contribution >= 0.6 is 0 Å². The van der Waals surface area contributed by atoms with Crippen molar-refractivity contribution in [3.8, 4) is 22.6 Å². The summed E-state index contributed by atoms with van der Waals surface area (Å²) < 4.78 is 0. The normalized spacial score (nSPS) is 11.3. The van der Waals surface area contributed by atoms with E-state index in [-0.39, 0.29) is 11.5 Å². The van der Waals surface area contributed by atoms with E-state index in [2.05, 4.69) is 25.1 Å². The lowest BCUT2D eigenvalue weighted by Crippen LogP contribution is -1.89. The molecular formula is C24H22O2. The molecule has 0 bridgehead atoms. The number of rotatable bonds is 4. The van der Waals surface area contributed by atoms with E-state index in [1.54, 1.807) is 12.1 Å². The van der Waals surface area contributed by atoms with Gasteiger partial charge in [-0.2, -0.15) is 0 Å². The molecule has 0 aliphatic heterocycles. The fourth-order valence-electron chi connectivity index (χ4n) is 3.69. The van der Waals surface area contributed by atoms with Crippen molar-refractivity contribution in [2.24, 2.45) is 0 Å².